The Hall–Kier alpha value is -1.70. The maximum absolute atomic E-state index is 13.1. The fraction of sp³-hybridized carbons (Fsp3) is 0.600. The monoisotopic (exact) mass is 388 g/mol. The molecule has 2 aromatic heterocycles. The van der Waals surface area contributed by atoms with Crippen molar-refractivity contribution in [3.8, 4) is 0 Å². The topological polar surface area (TPSA) is 52.8 Å². The van der Waals surface area contributed by atoms with Crippen LogP contribution in [0.25, 0.3) is 0 Å². The number of thiophene rings is 1. The van der Waals surface area contributed by atoms with E-state index < -0.39 is 0 Å². The smallest absolute Gasteiger partial charge is 0.255 e. The van der Waals surface area contributed by atoms with Gasteiger partial charge in [0, 0.05) is 54.6 Å². The highest BCUT2D eigenvalue weighted by molar-refractivity contribution is 7.10. The van der Waals surface area contributed by atoms with E-state index in [1.807, 2.05) is 18.7 Å². The number of rotatable bonds is 4. The van der Waals surface area contributed by atoms with E-state index in [2.05, 4.69) is 34.4 Å². The molecular formula is C20H28N4O2S. The lowest BCUT2D eigenvalue weighted by Crippen LogP contribution is -2.35. The lowest BCUT2D eigenvalue weighted by Gasteiger charge is -2.27. The number of carbonyl (C=O) groups is 1. The predicted octanol–water partition coefficient (Wildman–Crippen LogP) is 2.69. The van der Waals surface area contributed by atoms with Crippen LogP contribution in [-0.4, -0.2) is 65.5 Å². The van der Waals surface area contributed by atoms with Gasteiger partial charge in [0.1, 0.15) is 5.76 Å². The molecule has 0 N–H and O–H groups in total. The van der Waals surface area contributed by atoms with Gasteiger partial charge in [-0.05, 0) is 46.3 Å². The Kier molecular flexibility index (Phi) is 5.09. The van der Waals surface area contributed by atoms with Crippen LogP contribution in [0, 0.1) is 13.8 Å². The van der Waals surface area contributed by atoms with Crippen LogP contribution in [0.15, 0.2) is 9.90 Å². The summed E-state index contributed by atoms with van der Waals surface area (Å²) in [5, 5.41) is 6.14. The van der Waals surface area contributed by atoms with Gasteiger partial charge < -0.3 is 14.3 Å². The zero-order valence-electron chi connectivity index (χ0n) is 16.6. The van der Waals surface area contributed by atoms with Crippen LogP contribution in [0.4, 0.5) is 0 Å². The van der Waals surface area contributed by atoms with Crippen molar-refractivity contribution in [2.24, 2.45) is 0 Å². The van der Waals surface area contributed by atoms with E-state index in [4.69, 9.17) is 4.52 Å². The fourth-order valence-corrected chi connectivity index (χ4v) is 5.28. The Labute approximate surface area is 164 Å². The second kappa shape index (κ2) is 7.37. The van der Waals surface area contributed by atoms with Gasteiger partial charge in [0.25, 0.3) is 5.91 Å². The average Bonchev–Trinajstić information content (AvgIpc) is 3.36. The standard InChI is InChI=1S/C20H28N4O2S/c1-13-17(14(2)26-21-13)10-23-7-6-16-18(12-27-19(16)11-23)20(25)24-8-5-15(9-24)22(3)4/h12,15H,5-11H2,1-4H3. The molecule has 7 heteroatoms. The Morgan fingerprint density at radius 1 is 1.37 bits per heavy atom. The molecule has 1 atom stereocenters. The van der Waals surface area contributed by atoms with E-state index in [-0.39, 0.29) is 5.91 Å². The second-order valence-corrected chi connectivity index (χ2v) is 8.94. The molecule has 4 rings (SSSR count). The van der Waals surface area contributed by atoms with Crippen molar-refractivity contribution in [1.82, 2.24) is 19.9 Å². The molecule has 2 aliphatic rings. The third kappa shape index (κ3) is 3.56. The SMILES string of the molecule is Cc1noc(C)c1CN1CCc2c(C(=O)N3CCC(N(C)C)C3)csc2C1. The molecule has 2 aliphatic heterocycles. The maximum Gasteiger partial charge on any atom is 0.255 e. The summed E-state index contributed by atoms with van der Waals surface area (Å²) in [6, 6.07) is 0.481. The molecule has 146 valence electrons. The number of nitrogens with zero attached hydrogens (tertiary/aromatic N) is 4. The van der Waals surface area contributed by atoms with Crippen molar-refractivity contribution < 1.29 is 9.32 Å². The summed E-state index contributed by atoms with van der Waals surface area (Å²) in [5.41, 5.74) is 4.38. The van der Waals surface area contributed by atoms with Gasteiger partial charge in [0.05, 0.1) is 11.3 Å². The molecule has 4 heterocycles. The van der Waals surface area contributed by atoms with Crippen LogP contribution in [0.5, 0.6) is 0 Å². The molecule has 1 unspecified atom stereocenters. The van der Waals surface area contributed by atoms with Gasteiger partial charge in [-0.2, -0.15) is 0 Å². The predicted molar refractivity (Wildman–Crippen MR) is 106 cm³/mol. The van der Waals surface area contributed by atoms with Crippen molar-refractivity contribution in [3.63, 3.8) is 0 Å². The lowest BCUT2D eigenvalue weighted by atomic mass is 10.0. The van der Waals surface area contributed by atoms with Crippen LogP contribution in [0.1, 0.15) is 44.2 Å². The highest BCUT2D eigenvalue weighted by atomic mass is 32.1. The Balaban J connectivity index is 1.45. The first-order valence-electron chi connectivity index (χ1n) is 9.63. The molecule has 2 aromatic rings. The molecule has 1 fully saturated rings. The zero-order chi connectivity index (χ0) is 19.1. The van der Waals surface area contributed by atoms with Crippen LogP contribution >= 0.6 is 11.3 Å². The number of fused-ring (bicyclic) bond motifs is 1. The number of hydrogen-bond donors (Lipinski definition) is 0. The highest BCUT2D eigenvalue weighted by Crippen LogP contribution is 2.31. The Morgan fingerprint density at radius 3 is 2.85 bits per heavy atom. The van der Waals surface area contributed by atoms with Crippen molar-refractivity contribution in [3.05, 3.63) is 38.4 Å². The van der Waals surface area contributed by atoms with E-state index in [0.29, 0.717) is 6.04 Å². The van der Waals surface area contributed by atoms with E-state index >= 15 is 0 Å². The van der Waals surface area contributed by atoms with E-state index in [0.717, 1.165) is 62.6 Å². The summed E-state index contributed by atoms with van der Waals surface area (Å²) in [6.07, 6.45) is 2.00. The van der Waals surface area contributed by atoms with Gasteiger partial charge in [-0.25, -0.2) is 0 Å². The number of carbonyl (C=O) groups excluding carboxylic acids is 1. The van der Waals surface area contributed by atoms with Crippen molar-refractivity contribution in [2.45, 2.75) is 45.8 Å². The molecule has 1 amide bonds. The quantitative estimate of drug-likeness (QED) is 0.806. The van der Waals surface area contributed by atoms with Gasteiger partial charge in [0.15, 0.2) is 0 Å². The number of likely N-dealkylation sites (N-methyl/N-ethyl adjacent to an activating group) is 1. The van der Waals surface area contributed by atoms with Gasteiger partial charge in [-0.15, -0.1) is 11.3 Å². The third-order valence-electron chi connectivity index (χ3n) is 6.00. The molecule has 0 saturated carbocycles. The van der Waals surface area contributed by atoms with Gasteiger partial charge >= 0.3 is 0 Å². The van der Waals surface area contributed by atoms with Crippen LogP contribution in [-0.2, 0) is 19.5 Å². The minimum atomic E-state index is 0.219. The minimum Gasteiger partial charge on any atom is -0.361 e. The fourth-order valence-electron chi connectivity index (χ4n) is 4.17. The summed E-state index contributed by atoms with van der Waals surface area (Å²) in [6.45, 7) is 8.41. The molecule has 0 aromatic carbocycles. The molecule has 0 spiro atoms. The number of amides is 1. The molecular weight excluding hydrogens is 360 g/mol. The van der Waals surface area contributed by atoms with E-state index in [9.17, 15) is 4.79 Å². The summed E-state index contributed by atoms with van der Waals surface area (Å²) < 4.78 is 5.30. The summed E-state index contributed by atoms with van der Waals surface area (Å²) in [7, 11) is 4.19. The molecule has 27 heavy (non-hydrogen) atoms. The number of aromatic nitrogens is 1. The molecule has 0 aliphatic carbocycles. The normalized spacial score (nSPS) is 20.5. The van der Waals surface area contributed by atoms with Crippen molar-refractivity contribution in [2.75, 3.05) is 33.7 Å². The summed E-state index contributed by atoms with van der Waals surface area (Å²) in [4.78, 5) is 21.1. The highest BCUT2D eigenvalue weighted by Gasteiger charge is 2.31. The van der Waals surface area contributed by atoms with Gasteiger partial charge in [0.2, 0.25) is 0 Å². The van der Waals surface area contributed by atoms with Crippen LogP contribution in [0.3, 0.4) is 0 Å². The maximum atomic E-state index is 13.1. The first-order chi connectivity index (χ1) is 12.9. The minimum absolute atomic E-state index is 0.219. The summed E-state index contributed by atoms with van der Waals surface area (Å²) >= 11 is 1.73. The first-order valence-corrected chi connectivity index (χ1v) is 10.5. The number of likely N-dealkylation sites (tertiary alicyclic amines) is 1. The molecule has 6 nitrogen and oxygen atoms in total. The average molecular weight is 389 g/mol. The van der Waals surface area contributed by atoms with E-state index in [1.54, 1.807) is 11.3 Å². The zero-order valence-corrected chi connectivity index (χ0v) is 17.4. The van der Waals surface area contributed by atoms with Crippen molar-refractivity contribution >= 4 is 17.2 Å². The largest absolute Gasteiger partial charge is 0.361 e. The molecule has 0 radical (unpaired) electrons. The number of hydrogen-bond acceptors (Lipinski definition) is 6. The van der Waals surface area contributed by atoms with Gasteiger partial charge in [-0.1, -0.05) is 5.16 Å². The van der Waals surface area contributed by atoms with Crippen LogP contribution < -0.4 is 0 Å². The molecule has 0 bridgehead atoms. The first kappa shape index (κ1) is 18.7. The Morgan fingerprint density at radius 2 is 2.19 bits per heavy atom. The summed E-state index contributed by atoms with van der Waals surface area (Å²) in [5.74, 6) is 1.13. The third-order valence-corrected chi connectivity index (χ3v) is 7.01. The van der Waals surface area contributed by atoms with Gasteiger partial charge in [-0.3, -0.25) is 9.69 Å². The van der Waals surface area contributed by atoms with E-state index in [1.165, 1.54) is 16.0 Å². The lowest BCUT2D eigenvalue weighted by molar-refractivity contribution is 0.0781. The molecule has 1 saturated heterocycles. The van der Waals surface area contributed by atoms with Crippen LogP contribution in [0.2, 0.25) is 0 Å². The van der Waals surface area contributed by atoms with Crippen molar-refractivity contribution in [1.29, 1.82) is 0 Å². The second-order valence-electron chi connectivity index (χ2n) is 7.97. The number of aryl methyl sites for hydroxylation is 2. The Bertz CT molecular complexity index is 822.